The molecule has 0 aromatic carbocycles. The average Bonchev–Trinajstić information content (AvgIpc) is 2.65. The van der Waals surface area contributed by atoms with E-state index in [4.69, 9.17) is 39.5 Å². The third-order valence-electron chi connectivity index (χ3n) is 2.13. The molecule has 0 spiro atoms. The molecule has 1 N–H and O–H groups in total. The summed E-state index contributed by atoms with van der Waals surface area (Å²) in [7, 11) is 0. The first kappa shape index (κ1) is 13.7. The minimum absolute atomic E-state index is 0.0105. The molecule has 0 fully saturated rings. The van der Waals surface area contributed by atoms with E-state index in [-0.39, 0.29) is 37.9 Å². The molecular weight excluding hydrogens is 321 g/mol. The Balaban J connectivity index is 2.74. The van der Waals surface area contributed by atoms with E-state index in [0.717, 1.165) is 11.3 Å². The minimum Gasteiger partial charge on any atom is -0.505 e. The molecule has 0 saturated carbocycles. The van der Waals surface area contributed by atoms with Crippen LogP contribution in [0.15, 0.2) is 0 Å². The van der Waals surface area contributed by atoms with Crippen LogP contribution in [0.4, 0.5) is 0 Å². The lowest BCUT2D eigenvalue weighted by Gasteiger charge is -1.99. The summed E-state index contributed by atoms with van der Waals surface area (Å²) in [5.74, 6) is -0.927. The fourth-order valence-corrected chi connectivity index (χ4v) is 3.27. The van der Waals surface area contributed by atoms with Gasteiger partial charge in [0.25, 0.3) is 0 Å². The summed E-state index contributed by atoms with van der Waals surface area (Å²) in [5.41, 5.74) is 0. The van der Waals surface area contributed by atoms with Crippen molar-refractivity contribution >= 4 is 62.2 Å². The second-order valence-electron chi connectivity index (χ2n) is 3.21. The van der Waals surface area contributed by atoms with Gasteiger partial charge in [0.1, 0.15) is 5.15 Å². The van der Waals surface area contributed by atoms with Gasteiger partial charge in [0.2, 0.25) is 0 Å². The molecule has 8 heteroatoms. The van der Waals surface area contributed by atoms with Gasteiger partial charge in [0.15, 0.2) is 15.8 Å². The fourth-order valence-electron chi connectivity index (χ4n) is 1.39. The number of carbonyl (C=O) groups excluding carboxylic acids is 1. The molecule has 0 saturated heterocycles. The highest BCUT2D eigenvalue weighted by molar-refractivity contribution is 7.22. The van der Waals surface area contributed by atoms with Gasteiger partial charge in [-0.1, -0.05) is 34.8 Å². The van der Waals surface area contributed by atoms with Crippen molar-refractivity contribution in [2.45, 2.75) is 6.92 Å². The first-order valence-corrected chi connectivity index (χ1v) is 6.75. The van der Waals surface area contributed by atoms with Gasteiger partial charge in [-0.2, -0.15) is 0 Å². The lowest BCUT2D eigenvalue weighted by Crippen LogP contribution is -2.01. The van der Waals surface area contributed by atoms with E-state index >= 15 is 0 Å². The van der Waals surface area contributed by atoms with Crippen LogP contribution < -0.4 is 0 Å². The summed E-state index contributed by atoms with van der Waals surface area (Å²) in [5, 5.41) is 10.3. The van der Waals surface area contributed by atoms with Crippen LogP contribution in [-0.4, -0.2) is 22.7 Å². The van der Waals surface area contributed by atoms with E-state index in [1.54, 1.807) is 6.92 Å². The summed E-state index contributed by atoms with van der Waals surface area (Å²) in [6, 6.07) is 0. The highest BCUT2D eigenvalue weighted by atomic mass is 35.5. The smallest absolute Gasteiger partial charge is 0.352 e. The van der Waals surface area contributed by atoms with Crippen molar-refractivity contribution in [3.05, 3.63) is 20.2 Å². The van der Waals surface area contributed by atoms with E-state index in [9.17, 15) is 9.90 Å². The van der Waals surface area contributed by atoms with Crippen LogP contribution in [0.1, 0.15) is 16.6 Å². The Morgan fingerprint density at radius 2 is 2.06 bits per heavy atom. The third kappa shape index (κ3) is 2.12. The molecule has 96 valence electrons. The molecule has 0 atom stereocenters. The van der Waals surface area contributed by atoms with Gasteiger partial charge in [0, 0.05) is 0 Å². The standard InChI is InChI=1S/C10H6Cl3NO3S/c1-2-17-10(16)7-5(15)3-6(18-7)4(11)9(13)14-8(3)12/h15H,2H2,1H3. The lowest BCUT2D eigenvalue weighted by molar-refractivity contribution is 0.0529. The van der Waals surface area contributed by atoms with E-state index in [1.807, 2.05) is 0 Å². The van der Waals surface area contributed by atoms with Crippen LogP contribution in [0.3, 0.4) is 0 Å². The maximum atomic E-state index is 11.6. The molecule has 0 aliphatic carbocycles. The van der Waals surface area contributed by atoms with Crippen LogP contribution in [0.25, 0.3) is 10.1 Å². The van der Waals surface area contributed by atoms with E-state index < -0.39 is 5.97 Å². The Hall–Kier alpha value is -0.750. The topological polar surface area (TPSA) is 59.4 Å². The van der Waals surface area contributed by atoms with E-state index in [2.05, 4.69) is 4.98 Å². The van der Waals surface area contributed by atoms with Crippen molar-refractivity contribution in [3.8, 4) is 5.75 Å². The molecule has 0 aliphatic rings. The second kappa shape index (κ2) is 5.09. The van der Waals surface area contributed by atoms with Gasteiger partial charge in [-0.3, -0.25) is 0 Å². The molecular formula is C10H6Cl3NO3S. The van der Waals surface area contributed by atoms with Crippen LogP contribution in [0.5, 0.6) is 5.75 Å². The van der Waals surface area contributed by atoms with Crippen LogP contribution >= 0.6 is 46.1 Å². The third-order valence-corrected chi connectivity index (χ3v) is 4.43. The zero-order valence-electron chi connectivity index (χ0n) is 8.96. The normalized spacial score (nSPS) is 10.9. The number of hydrogen-bond donors (Lipinski definition) is 1. The molecule has 4 nitrogen and oxygen atoms in total. The number of hydrogen-bond acceptors (Lipinski definition) is 5. The second-order valence-corrected chi connectivity index (χ2v) is 5.33. The number of halogens is 3. The van der Waals surface area contributed by atoms with Gasteiger partial charge in [-0.25, -0.2) is 9.78 Å². The maximum Gasteiger partial charge on any atom is 0.352 e. The number of thiophene rings is 1. The summed E-state index contributed by atoms with van der Waals surface area (Å²) in [6.07, 6.45) is 0. The highest BCUT2D eigenvalue weighted by Gasteiger charge is 2.24. The number of pyridine rings is 1. The maximum absolute atomic E-state index is 11.6. The molecule has 0 radical (unpaired) electrons. The molecule has 0 bridgehead atoms. The van der Waals surface area contributed by atoms with Crippen molar-refractivity contribution in [3.63, 3.8) is 0 Å². The highest BCUT2D eigenvalue weighted by Crippen LogP contribution is 2.45. The number of ether oxygens (including phenoxy) is 1. The Morgan fingerprint density at radius 1 is 1.39 bits per heavy atom. The predicted octanol–water partition coefficient (Wildman–Crippen LogP) is 4.14. The molecule has 0 aliphatic heterocycles. The molecule has 0 amide bonds. The predicted molar refractivity (Wildman–Crippen MR) is 72.3 cm³/mol. The van der Waals surface area contributed by atoms with Crippen molar-refractivity contribution in [1.29, 1.82) is 0 Å². The molecule has 18 heavy (non-hydrogen) atoms. The molecule has 2 aromatic heterocycles. The van der Waals surface area contributed by atoms with Crippen molar-refractivity contribution in [2.24, 2.45) is 0 Å². The SMILES string of the molecule is CCOC(=O)c1sc2c(Cl)c(Cl)nc(Cl)c2c1O. The molecule has 0 unspecified atom stereocenters. The largest absolute Gasteiger partial charge is 0.505 e. The van der Waals surface area contributed by atoms with Gasteiger partial charge >= 0.3 is 5.97 Å². The van der Waals surface area contributed by atoms with E-state index in [0.29, 0.717) is 4.70 Å². The summed E-state index contributed by atoms with van der Waals surface area (Å²) in [6.45, 7) is 1.87. The molecule has 2 heterocycles. The number of rotatable bonds is 2. The van der Waals surface area contributed by atoms with Gasteiger partial charge in [-0.05, 0) is 6.92 Å². The number of carbonyl (C=O) groups is 1. The van der Waals surface area contributed by atoms with Crippen LogP contribution in [0, 0.1) is 0 Å². The quantitative estimate of drug-likeness (QED) is 0.665. The molecule has 2 rings (SSSR count). The lowest BCUT2D eigenvalue weighted by atomic mass is 10.3. The van der Waals surface area contributed by atoms with Crippen molar-refractivity contribution in [2.75, 3.05) is 6.61 Å². The van der Waals surface area contributed by atoms with Crippen molar-refractivity contribution in [1.82, 2.24) is 4.98 Å². The number of aromatic hydroxyl groups is 1. The van der Waals surface area contributed by atoms with Crippen LogP contribution in [0.2, 0.25) is 15.3 Å². The average molecular weight is 327 g/mol. The van der Waals surface area contributed by atoms with E-state index in [1.165, 1.54) is 0 Å². The van der Waals surface area contributed by atoms with Gasteiger partial charge < -0.3 is 9.84 Å². The van der Waals surface area contributed by atoms with Crippen LogP contribution in [-0.2, 0) is 4.74 Å². The zero-order valence-corrected chi connectivity index (χ0v) is 12.0. The summed E-state index contributed by atoms with van der Waals surface area (Å²) >= 11 is 18.6. The summed E-state index contributed by atoms with van der Waals surface area (Å²) < 4.78 is 5.23. The van der Waals surface area contributed by atoms with Crippen molar-refractivity contribution < 1.29 is 14.6 Å². The fraction of sp³-hybridized carbons (Fsp3) is 0.200. The van der Waals surface area contributed by atoms with Gasteiger partial charge in [0.05, 0.1) is 21.7 Å². The Bertz CT molecular complexity index is 641. The molecule has 2 aromatic rings. The number of fused-ring (bicyclic) bond motifs is 1. The first-order valence-electron chi connectivity index (χ1n) is 4.80. The Morgan fingerprint density at radius 3 is 2.67 bits per heavy atom. The number of aromatic nitrogens is 1. The Kier molecular flexibility index (Phi) is 3.87. The Labute approximate surface area is 121 Å². The zero-order chi connectivity index (χ0) is 13.4. The monoisotopic (exact) mass is 325 g/mol. The number of nitrogens with zero attached hydrogens (tertiary/aromatic N) is 1. The first-order chi connectivity index (χ1) is 8.47. The summed E-state index contributed by atoms with van der Waals surface area (Å²) in [4.78, 5) is 15.4. The number of esters is 1. The van der Waals surface area contributed by atoms with Gasteiger partial charge in [-0.15, -0.1) is 11.3 Å². The minimum atomic E-state index is -0.639.